The van der Waals surface area contributed by atoms with Gasteiger partial charge in [0.15, 0.2) is 0 Å². The molecule has 2 amide bonds. The highest BCUT2D eigenvalue weighted by atomic mass is 35.5. The van der Waals surface area contributed by atoms with Crippen molar-refractivity contribution in [3.63, 3.8) is 0 Å². The SMILES string of the molecule is O=C(N[C@@H]1CCCC[C@@H]1C(=O)N1CC[C@@H]2[C@H](C3C=CC=CC3)Nc3cc(Cl)ccc3[C@@H]21)c1ccccc1. The minimum Gasteiger partial charge on any atom is -0.381 e. The zero-order chi connectivity index (χ0) is 25.4. The molecule has 6 rings (SSSR count). The molecule has 0 spiro atoms. The number of carbonyl (C=O) groups is 2. The third-order valence-corrected chi connectivity index (χ3v) is 8.99. The van der Waals surface area contributed by atoms with E-state index in [1.807, 2.05) is 42.5 Å². The quantitative estimate of drug-likeness (QED) is 0.513. The summed E-state index contributed by atoms with van der Waals surface area (Å²) in [5, 5.41) is 7.73. The van der Waals surface area contributed by atoms with Gasteiger partial charge in [0, 0.05) is 46.7 Å². The number of halogens is 1. The van der Waals surface area contributed by atoms with E-state index in [0.29, 0.717) is 22.4 Å². The van der Waals surface area contributed by atoms with Gasteiger partial charge in [0.1, 0.15) is 0 Å². The van der Waals surface area contributed by atoms with Crippen molar-refractivity contribution in [3.8, 4) is 0 Å². The predicted octanol–water partition coefficient (Wildman–Crippen LogP) is 6.14. The number of rotatable bonds is 4. The third kappa shape index (κ3) is 4.70. The van der Waals surface area contributed by atoms with E-state index in [1.54, 1.807) is 0 Å². The molecular weight excluding hydrogens is 482 g/mol. The molecule has 0 radical (unpaired) electrons. The smallest absolute Gasteiger partial charge is 0.251 e. The van der Waals surface area contributed by atoms with E-state index in [4.69, 9.17) is 11.6 Å². The van der Waals surface area contributed by atoms with Crippen LogP contribution in [-0.4, -0.2) is 35.3 Å². The van der Waals surface area contributed by atoms with Crippen molar-refractivity contribution in [2.45, 2.75) is 56.7 Å². The number of anilines is 1. The molecule has 2 aliphatic carbocycles. The minimum atomic E-state index is -0.193. The first-order valence-electron chi connectivity index (χ1n) is 13.7. The van der Waals surface area contributed by atoms with Crippen LogP contribution in [0.5, 0.6) is 0 Å². The normalized spacial score (nSPS) is 30.2. The van der Waals surface area contributed by atoms with Crippen LogP contribution in [-0.2, 0) is 4.79 Å². The van der Waals surface area contributed by atoms with Crippen LogP contribution in [0.15, 0.2) is 72.8 Å². The van der Waals surface area contributed by atoms with E-state index in [9.17, 15) is 9.59 Å². The van der Waals surface area contributed by atoms with Crippen molar-refractivity contribution in [1.82, 2.24) is 10.2 Å². The lowest BCUT2D eigenvalue weighted by Crippen LogP contribution is -2.51. The van der Waals surface area contributed by atoms with Crippen molar-refractivity contribution >= 4 is 29.1 Å². The first-order valence-corrected chi connectivity index (χ1v) is 14.0. The molecule has 37 heavy (non-hydrogen) atoms. The van der Waals surface area contributed by atoms with Crippen LogP contribution in [0.4, 0.5) is 5.69 Å². The highest BCUT2D eigenvalue weighted by molar-refractivity contribution is 6.30. The van der Waals surface area contributed by atoms with Crippen LogP contribution >= 0.6 is 11.6 Å². The van der Waals surface area contributed by atoms with E-state index >= 15 is 0 Å². The Bertz CT molecular complexity index is 1230. The average Bonchev–Trinajstić information content (AvgIpc) is 3.39. The van der Waals surface area contributed by atoms with Gasteiger partial charge < -0.3 is 15.5 Å². The molecule has 192 valence electrons. The lowest BCUT2D eigenvalue weighted by Gasteiger charge is -2.44. The second-order valence-corrected chi connectivity index (χ2v) is 11.3. The maximum Gasteiger partial charge on any atom is 0.251 e. The van der Waals surface area contributed by atoms with Crippen LogP contribution in [0.2, 0.25) is 5.02 Å². The Balaban J connectivity index is 1.27. The molecule has 6 atom stereocenters. The molecule has 2 aromatic carbocycles. The van der Waals surface area contributed by atoms with Crippen LogP contribution in [0.3, 0.4) is 0 Å². The molecule has 4 aliphatic rings. The molecule has 2 fully saturated rings. The van der Waals surface area contributed by atoms with Gasteiger partial charge in [-0.15, -0.1) is 0 Å². The van der Waals surface area contributed by atoms with Crippen LogP contribution in [0, 0.1) is 17.8 Å². The summed E-state index contributed by atoms with van der Waals surface area (Å²) in [5.41, 5.74) is 2.84. The number of fused-ring (bicyclic) bond motifs is 3. The average molecular weight is 516 g/mol. The molecule has 5 nitrogen and oxygen atoms in total. The highest BCUT2D eigenvalue weighted by Gasteiger charge is 2.49. The number of hydrogen-bond donors (Lipinski definition) is 2. The van der Waals surface area contributed by atoms with Gasteiger partial charge in [-0.3, -0.25) is 9.59 Å². The minimum absolute atomic E-state index is 0.0257. The number of allylic oxidation sites excluding steroid dienone is 3. The molecule has 6 heteroatoms. The number of likely N-dealkylation sites (tertiary alicyclic amines) is 1. The topological polar surface area (TPSA) is 61.4 Å². The van der Waals surface area contributed by atoms with Crippen molar-refractivity contribution < 1.29 is 9.59 Å². The van der Waals surface area contributed by atoms with Gasteiger partial charge in [0.2, 0.25) is 5.91 Å². The Kier molecular flexibility index (Phi) is 6.81. The lowest BCUT2D eigenvalue weighted by molar-refractivity contribution is -0.139. The van der Waals surface area contributed by atoms with Crippen LogP contribution in [0.1, 0.15) is 60.5 Å². The molecule has 2 aromatic rings. The van der Waals surface area contributed by atoms with Gasteiger partial charge in [-0.25, -0.2) is 0 Å². The molecule has 2 aliphatic heterocycles. The first kappa shape index (κ1) is 24.3. The van der Waals surface area contributed by atoms with Crippen molar-refractivity contribution in [2.75, 3.05) is 11.9 Å². The van der Waals surface area contributed by atoms with E-state index in [-0.39, 0.29) is 35.9 Å². The number of carbonyl (C=O) groups excluding carboxylic acids is 2. The summed E-state index contributed by atoms with van der Waals surface area (Å²) in [6, 6.07) is 15.5. The number of benzene rings is 2. The van der Waals surface area contributed by atoms with Gasteiger partial charge in [0.05, 0.1) is 12.0 Å². The van der Waals surface area contributed by atoms with Crippen molar-refractivity contribution in [1.29, 1.82) is 0 Å². The van der Waals surface area contributed by atoms with Crippen LogP contribution < -0.4 is 10.6 Å². The highest BCUT2D eigenvalue weighted by Crippen LogP contribution is 2.50. The summed E-state index contributed by atoms with van der Waals surface area (Å²) >= 11 is 6.41. The maximum absolute atomic E-state index is 14.2. The Hall–Kier alpha value is -3.05. The zero-order valence-corrected chi connectivity index (χ0v) is 21.7. The van der Waals surface area contributed by atoms with Gasteiger partial charge >= 0.3 is 0 Å². The predicted molar refractivity (Wildman–Crippen MR) is 147 cm³/mol. The Morgan fingerprint density at radius 2 is 1.84 bits per heavy atom. The zero-order valence-electron chi connectivity index (χ0n) is 21.0. The first-order chi connectivity index (χ1) is 18.1. The number of hydrogen-bond acceptors (Lipinski definition) is 3. The fourth-order valence-corrected chi connectivity index (χ4v) is 7.15. The van der Waals surface area contributed by atoms with Crippen molar-refractivity contribution in [3.05, 3.63) is 89.0 Å². The van der Waals surface area contributed by atoms with Gasteiger partial charge in [-0.05, 0) is 55.5 Å². The summed E-state index contributed by atoms with van der Waals surface area (Å²) in [6.07, 6.45) is 14.5. The number of nitrogens with zero attached hydrogens (tertiary/aromatic N) is 1. The summed E-state index contributed by atoms with van der Waals surface area (Å²) < 4.78 is 0. The fourth-order valence-electron chi connectivity index (χ4n) is 6.98. The second kappa shape index (κ2) is 10.4. The van der Waals surface area contributed by atoms with E-state index < -0.39 is 0 Å². The molecule has 1 unspecified atom stereocenters. The lowest BCUT2D eigenvalue weighted by atomic mass is 9.75. The standard InChI is InChI=1S/C31H34ClN3O2/c32-22-15-16-23-27(19-22)33-28(20-9-3-1-4-10-20)25-17-18-35(29(23)25)31(37)24-13-7-8-14-26(24)34-30(36)21-11-5-2-6-12-21/h1-6,9,11-12,15-16,19-20,24-26,28-29,33H,7-8,10,13-14,17-18H2,(H,34,36)/t20?,24-,25+,26+,28-,29-/m0/s1. The Morgan fingerprint density at radius 3 is 2.65 bits per heavy atom. The van der Waals surface area contributed by atoms with E-state index in [2.05, 4.69) is 45.9 Å². The monoisotopic (exact) mass is 515 g/mol. The van der Waals surface area contributed by atoms with Gasteiger partial charge in [-0.2, -0.15) is 0 Å². The van der Waals surface area contributed by atoms with Crippen LogP contribution in [0.25, 0.3) is 0 Å². The summed E-state index contributed by atoms with van der Waals surface area (Å²) in [4.78, 5) is 29.4. The molecular formula is C31H34ClN3O2. The maximum atomic E-state index is 14.2. The molecule has 1 saturated carbocycles. The number of nitrogens with one attached hydrogen (secondary N) is 2. The van der Waals surface area contributed by atoms with E-state index in [0.717, 1.165) is 56.3 Å². The molecule has 0 bridgehead atoms. The number of amides is 2. The summed E-state index contributed by atoms with van der Waals surface area (Å²) in [7, 11) is 0. The fraction of sp³-hybridized carbons (Fsp3) is 0.419. The molecule has 2 N–H and O–H groups in total. The second-order valence-electron chi connectivity index (χ2n) is 10.9. The van der Waals surface area contributed by atoms with Gasteiger partial charge in [0.25, 0.3) is 5.91 Å². The Labute approximate surface area is 224 Å². The molecule has 2 heterocycles. The summed E-state index contributed by atoms with van der Waals surface area (Å²) in [6.45, 7) is 0.747. The largest absolute Gasteiger partial charge is 0.381 e. The van der Waals surface area contributed by atoms with Crippen molar-refractivity contribution in [2.24, 2.45) is 17.8 Å². The Morgan fingerprint density at radius 1 is 1.00 bits per heavy atom. The van der Waals surface area contributed by atoms with Gasteiger partial charge in [-0.1, -0.05) is 73.0 Å². The third-order valence-electron chi connectivity index (χ3n) is 8.76. The summed E-state index contributed by atoms with van der Waals surface area (Å²) in [5.74, 6) is 0.614. The molecule has 0 aromatic heterocycles. The van der Waals surface area contributed by atoms with E-state index in [1.165, 1.54) is 0 Å². The molecule has 1 saturated heterocycles.